The molecule has 102 valence electrons. The minimum atomic E-state index is -1.33. The molecule has 1 atom stereocenters. The van der Waals surface area contributed by atoms with Gasteiger partial charge in [0.15, 0.2) is 0 Å². The molecule has 1 fully saturated rings. The zero-order valence-electron chi connectivity index (χ0n) is 10.1. The Hall–Kier alpha value is -1.79. The van der Waals surface area contributed by atoms with E-state index in [4.69, 9.17) is 15.6 Å². The van der Waals surface area contributed by atoms with Gasteiger partial charge in [0.25, 0.3) is 0 Å². The molecule has 0 aromatic carbocycles. The van der Waals surface area contributed by atoms with E-state index in [0.717, 1.165) is 32.1 Å². The summed E-state index contributed by atoms with van der Waals surface area (Å²) < 4.78 is 5.09. The number of carboxylic acids is 1. The van der Waals surface area contributed by atoms with Crippen LogP contribution in [0.4, 0.5) is 4.79 Å². The number of amides is 2. The van der Waals surface area contributed by atoms with Crippen molar-refractivity contribution in [1.29, 1.82) is 0 Å². The number of nitrogens with two attached hydrogens (primary N) is 1. The molecule has 4 N–H and O–H groups in total. The molecule has 0 radical (unpaired) electrons. The van der Waals surface area contributed by atoms with Crippen molar-refractivity contribution in [2.75, 3.05) is 0 Å². The van der Waals surface area contributed by atoms with Crippen LogP contribution in [-0.2, 0) is 14.3 Å². The molecule has 1 rings (SSSR count). The van der Waals surface area contributed by atoms with E-state index in [0.29, 0.717) is 0 Å². The maximum Gasteiger partial charge on any atom is 0.408 e. The molecule has 7 heteroatoms. The fraction of sp³-hybridized carbons (Fsp3) is 0.727. The molecule has 0 unspecified atom stereocenters. The molecule has 0 aliphatic heterocycles. The van der Waals surface area contributed by atoms with Crippen LogP contribution in [0, 0.1) is 0 Å². The number of hydrogen-bond acceptors (Lipinski definition) is 4. The topological polar surface area (TPSA) is 119 Å². The Morgan fingerprint density at radius 3 is 2.39 bits per heavy atom. The van der Waals surface area contributed by atoms with E-state index in [9.17, 15) is 14.4 Å². The second-order valence-corrected chi connectivity index (χ2v) is 4.37. The van der Waals surface area contributed by atoms with Gasteiger partial charge in [0, 0.05) is 0 Å². The first kappa shape index (κ1) is 14.3. The average molecular weight is 258 g/mol. The first-order valence-corrected chi connectivity index (χ1v) is 5.97. The van der Waals surface area contributed by atoms with Crippen molar-refractivity contribution in [3.63, 3.8) is 0 Å². The highest BCUT2D eigenvalue weighted by Crippen LogP contribution is 2.20. The zero-order valence-corrected chi connectivity index (χ0v) is 10.1. The second-order valence-electron chi connectivity index (χ2n) is 4.37. The number of ether oxygens (including phenoxy) is 1. The summed E-state index contributed by atoms with van der Waals surface area (Å²) in [4.78, 5) is 32.9. The largest absolute Gasteiger partial charge is 0.480 e. The standard InChI is InChI=1S/C11H18N2O5/c12-9(14)6-8(10(15)16)13-11(17)18-7-4-2-1-3-5-7/h7-8H,1-6H2,(H2,12,14)(H,13,17)(H,15,16)/t8-/m0/s1. The number of nitrogens with one attached hydrogen (secondary N) is 1. The van der Waals surface area contributed by atoms with Crippen LogP contribution in [0.2, 0.25) is 0 Å². The molecule has 1 saturated carbocycles. The van der Waals surface area contributed by atoms with Crippen LogP contribution in [0.25, 0.3) is 0 Å². The van der Waals surface area contributed by atoms with Gasteiger partial charge >= 0.3 is 12.1 Å². The molecular weight excluding hydrogens is 240 g/mol. The van der Waals surface area contributed by atoms with Gasteiger partial charge in [-0.1, -0.05) is 6.42 Å². The first-order chi connectivity index (χ1) is 8.49. The van der Waals surface area contributed by atoms with Gasteiger partial charge in [-0.15, -0.1) is 0 Å². The molecule has 0 spiro atoms. The van der Waals surface area contributed by atoms with Crippen molar-refractivity contribution in [1.82, 2.24) is 5.32 Å². The van der Waals surface area contributed by atoms with Crippen molar-refractivity contribution in [3.05, 3.63) is 0 Å². The predicted octanol–water partition coefficient (Wildman–Crippen LogP) is 0.374. The Kier molecular flexibility index (Phi) is 5.41. The molecule has 1 aliphatic rings. The van der Waals surface area contributed by atoms with Crippen LogP contribution >= 0.6 is 0 Å². The van der Waals surface area contributed by atoms with Crippen molar-refractivity contribution < 1.29 is 24.2 Å². The molecule has 0 saturated heterocycles. The van der Waals surface area contributed by atoms with Gasteiger partial charge in [0.2, 0.25) is 5.91 Å². The molecule has 0 aromatic heterocycles. The summed E-state index contributed by atoms with van der Waals surface area (Å²) in [5.41, 5.74) is 4.90. The van der Waals surface area contributed by atoms with Crippen LogP contribution in [-0.4, -0.2) is 35.2 Å². The van der Waals surface area contributed by atoms with Crippen molar-refractivity contribution in [2.24, 2.45) is 5.73 Å². The SMILES string of the molecule is NC(=O)C[C@H](NC(=O)OC1CCCCC1)C(=O)O. The summed E-state index contributed by atoms with van der Waals surface area (Å²) in [5.74, 6) is -2.10. The van der Waals surface area contributed by atoms with Gasteiger partial charge in [-0.05, 0) is 25.7 Å². The van der Waals surface area contributed by atoms with Gasteiger partial charge in [-0.3, -0.25) is 4.79 Å². The number of primary amides is 1. The lowest BCUT2D eigenvalue weighted by Gasteiger charge is -2.22. The fourth-order valence-corrected chi connectivity index (χ4v) is 1.91. The van der Waals surface area contributed by atoms with Gasteiger partial charge in [0.05, 0.1) is 6.42 Å². The van der Waals surface area contributed by atoms with E-state index in [1.807, 2.05) is 0 Å². The average Bonchev–Trinajstić information content (AvgIpc) is 2.28. The molecule has 1 aliphatic carbocycles. The van der Waals surface area contributed by atoms with E-state index >= 15 is 0 Å². The lowest BCUT2D eigenvalue weighted by atomic mass is 9.98. The van der Waals surface area contributed by atoms with Crippen molar-refractivity contribution in [3.8, 4) is 0 Å². The third kappa shape index (κ3) is 5.03. The highest BCUT2D eigenvalue weighted by atomic mass is 16.6. The zero-order chi connectivity index (χ0) is 13.5. The lowest BCUT2D eigenvalue weighted by molar-refractivity contribution is -0.141. The van der Waals surface area contributed by atoms with Crippen molar-refractivity contribution in [2.45, 2.75) is 50.7 Å². The van der Waals surface area contributed by atoms with Crippen LogP contribution in [0.1, 0.15) is 38.5 Å². The van der Waals surface area contributed by atoms with Gasteiger partial charge in [-0.25, -0.2) is 9.59 Å². The minimum absolute atomic E-state index is 0.165. The smallest absolute Gasteiger partial charge is 0.408 e. The number of carbonyl (C=O) groups excluding carboxylic acids is 2. The van der Waals surface area contributed by atoms with Gasteiger partial charge < -0.3 is 20.9 Å². The van der Waals surface area contributed by atoms with Crippen LogP contribution in [0.3, 0.4) is 0 Å². The van der Waals surface area contributed by atoms with E-state index < -0.39 is 30.4 Å². The summed E-state index contributed by atoms with van der Waals surface area (Å²) >= 11 is 0. The van der Waals surface area contributed by atoms with E-state index in [1.54, 1.807) is 0 Å². The summed E-state index contributed by atoms with van der Waals surface area (Å²) in [7, 11) is 0. The second kappa shape index (κ2) is 6.83. The Balaban J connectivity index is 2.40. The fourth-order valence-electron chi connectivity index (χ4n) is 1.91. The molecule has 7 nitrogen and oxygen atoms in total. The van der Waals surface area contributed by atoms with Gasteiger partial charge in [-0.2, -0.15) is 0 Å². The quantitative estimate of drug-likeness (QED) is 0.658. The third-order valence-corrected chi connectivity index (χ3v) is 2.82. The molecule has 0 bridgehead atoms. The maximum atomic E-state index is 11.5. The third-order valence-electron chi connectivity index (χ3n) is 2.82. The maximum absolute atomic E-state index is 11.5. The van der Waals surface area contributed by atoms with Gasteiger partial charge in [0.1, 0.15) is 12.1 Å². The molecule has 0 heterocycles. The summed E-state index contributed by atoms with van der Waals surface area (Å²) in [6.07, 6.45) is 3.29. The number of carbonyl (C=O) groups is 3. The van der Waals surface area contributed by atoms with Crippen LogP contribution in [0.5, 0.6) is 0 Å². The van der Waals surface area contributed by atoms with Crippen molar-refractivity contribution >= 4 is 18.0 Å². The molecule has 18 heavy (non-hydrogen) atoms. The lowest BCUT2D eigenvalue weighted by Crippen LogP contribution is -2.44. The highest BCUT2D eigenvalue weighted by Gasteiger charge is 2.25. The minimum Gasteiger partial charge on any atom is -0.480 e. The Labute approximate surface area is 105 Å². The molecule has 2 amide bonds. The monoisotopic (exact) mass is 258 g/mol. The number of alkyl carbamates (subject to hydrolysis) is 1. The Morgan fingerprint density at radius 1 is 1.28 bits per heavy atom. The molecule has 0 aromatic rings. The predicted molar refractivity (Wildman–Crippen MR) is 61.7 cm³/mol. The normalized spacial score (nSPS) is 17.8. The molecular formula is C11H18N2O5. The first-order valence-electron chi connectivity index (χ1n) is 5.97. The summed E-state index contributed by atoms with van der Waals surface area (Å²) in [6.45, 7) is 0. The number of rotatable bonds is 5. The highest BCUT2D eigenvalue weighted by molar-refractivity contribution is 5.86. The van der Waals surface area contributed by atoms with Crippen LogP contribution < -0.4 is 11.1 Å². The van der Waals surface area contributed by atoms with E-state index in [2.05, 4.69) is 5.32 Å². The Bertz CT molecular complexity index is 325. The van der Waals surface area contributed by atoms with E-state index in [-0.39, 0.29) is 6.10 Å². The number of aliphatic carboxylic acids is 1. The number of carboxylic acid groups (broad SMARTS) is 1. The van der Waals surface area contributed by atoms with E-state index in [1.165, 1.54) is 0 Å². The summed E-state index contributed by atoms with van der Waals surface area (Å²) in [6, 6.07) is -1.33. The summed E-state index contributed by atoms with van der Waals surface area (Å²) in [5, 5.41) is 10.9. The number of hydrogen-bond donors (Lipinski definition) is 3. The van der Waals surface area contributed by atoms with Crippen LogP contribution in [0.15, 0.2) is 0 Å². The Morgan fingerprint density at radius 2 is 1.89 bits per heavy atom.